The van der Waals surface area contributed by atoms with Gasteiger partial charge in [-0.1, -0.05) is 44.3 Å². The van der Waals surface area contributed by atoms with Gasteiger partial charge in [0.25, 0.3) is 0 Å². The highest BCUT2D eigenvalue weighted by atomic mass is 32.1. The lowest BCUT2D eigenvalue weighted by molar-refractivity contribution is 0.378. The van der Waals surface area contributed by atoms with Crippen LogP contribution in [-0.4, -0.2) is 16.0 Å². The summed E-state index contributed by atoms with van der Waals surface area (Å²) < 4.78 is 0. The quantitative estimate of drug-likeness (QED) is 0.845. The number of nitrogens with two attached hydrogens (primary N) is 1. The maximum Gasteiger partial charge on any atom is 0.107 e. The summed E-state index contributed by atoms with van der Waals surface area (Å²) in [7, 11) is 0. The smallest absolute Gasteiger partial charge is 0.107 e. The Bertz CT molecular complexity index is 693. The number of nitrogens with zero attached hydrogens (tertiary/aromatic N) is 1. The van der Waals surface area contributed by atoms with Crippen molar-refractivity contribution in [3.8, 4) is 0 Å². The van der Waals surface area contributed by atoms with Crippen molar-refractivity contribution in [3.05, 3.63) is 36.0 Å². The predicted octanol–water partition coefficient (Wildman–Crippen LogP) is 3.86. The number of rotatable bonds is 3. The molecular weight excluding hydrogens is 278 g/mol. The van der Waals surface area contributed by atoms with E-state index in [0.717, 1.165) is 22.2 Å². The van der Waals surface area contributed by atoms with Gasteiger partial charge in [-0.3, -0.25) is 4.98 Å². The SMILES string of the molecule is CC1(C)CCC(Nc2c(C(N)=S)cnc3ccccc23)C1. The lowest BCUT2D eigenvalue weighted by Gasteiger charge is -2.21. The third-order valence-corrected chi connectivity index (χ3v) is 4.58. The molecule has 1 aliphatic rings. The summed E-state index contributed by atoms with van der Waals surface area (Å²) in [6.07, 6.45) is 5.38. The first-order valence-electron chi connectivity index (χ1n) is 7.40. The Kier molecular flexibility index (Phi) is 3.57. The second-order valence-corrected chi connectivity index (χ2v) is 7.12. The summed E-state index contributed by atoms with van der Waals surface area (Å²) in [6, 6.07) is 8.59. The van der Waals surface area contributed by atoms with E-state index in [1.165, 1.54) is 19.3 Å². The molecule has 0 radical (unpaired) electrons. The molecule has 0 bridgehead atoms. The Hall–Kier alpha value is -1.68. The fourth-order valence-electron chi connectivity index (χ4n) is 3.25. The van der Waals surface area contributed by atoms with E-state index in [1.807, 2.05) is 18.2 Å². The molecule has 3 nitrogen and oxygen atoms in total. The Morgan fingerprint density at radius 2 is 2.14 bits per heavy atom. The van der Waals surface area contributed by atoms with Crippen molar-refractivity contribution < 1.29 is 0 Å². The monoisotopic (exact) mass is 299 g/mol. The third kappa shape index (κ3) is 2.86. The Morgan fingerprint density at radius 3 is 2.81 bits per heavy atom. The molecule has 3 N–H and O–H groups in total. The lowest BCUT2D eigenvalue weighted by Crippen LogP contribution is -2.21. The van der Waals surface area contributed by atoms with Crippen molar-refractivity contribution in [2.75, 3.05) is 5.32 Å². The van der Waals surface area contributed by atoms with E-state index in [2.05, 4.69) is 30.2 Å². The van der Waals surface area contributed by atoms with Gasteiger partial charge in [0.05, 0.1) is 16.8 Å². The number of hydrogen-bond acceptors (Lipinski definition) is 3. The van der Waals surface area contributed by atoms with Crippen LogP contribution in [0, 0.1) is 5.41 Å². The van der Waals surface area contributed by atoms with Crippen molar-refractivity contribution in [2.45, 2.75) is 39.2 Å². The molecule has 21 heavy (non-hydrogen) atoms. The molecule has 3 rings (SSSR count). The predicted molar refractivity (Wildman–Crippen MR) is 92.7 cm³/mol. The van der Waals surface area contributed by atoms with Gasteiger partial charge in [-0.2, -0.15) is 0 Å². The summed E-state index contributed by atoms with van der Waals surface area (Å²) in [6.45, 7) is 4.65. The van der Waals surface area contributed by atoms with Crippen LogP contribution < -0.4 is 11.1 Å². The number of aromatic nitrogens is 1. The summed E-state index contributed by atoms with van der Waals surface area (Å²) in [5, 5.41) is 4.77. The van der Waals surface area contributed by atoms with Gasteiger partial charge in [-0.15, -0.1) is 0 Å². The summed E-state index contributed by atoms with van der Waals surface area (Å²) in [5.41, 5.74) is 9.14. The molecule has 0 aliphatic heterocycles. The first kappa shape index (κ1) is 14.3. The molecule has 0 amide bonds. The minimum atomic E-state index is 0.396. The molecule has 4 heteroatoms. The highest BCUT2D eigenvalue weighted by Gasteiger charge is 2.31. The number of nitrogens with one attached hydrogen (secondary N) is 1. The number of pyridine rings is 1. The molecule has 1 aromatic heterocycles. The van der Waals surface area contributed by atoms with Gasteiger partial charge >= 0.3 is 0 Å². The van der Waals surface area contributed by atoms with Gasteiger partial charge in [0.2, 0.25) is 0 Å². The highest BCUT2D eigenvalue weighted by molar-refractivity contribution is 7.80. The molecule has 0 spiro atoms. The van der Waals surface area contributed by atoms with Crippen LogP contribution in [0.5, 0.6) is 0 Å². The van der Waals surface area contributed by atoms with Crippen LogP contribution in [0.4, 0.5) is 5.69 Å². The van der Waals surface area contributed by atoms with Gasteiger partial charge in [0, 0.05) is 17.6 Å². The van der Waals surface area contributed by atoms with Crippen LogP contribution in [0.3, 0.4) is 0 Å². The van der Waals surface area contributed by atoms with Gasteiger partial charge in [-0.05, 0) is 30.7 Å². The van der Waals surface area contributed by atoms with Gasteiger partial charge < -0.3 is 11.1 Å². The summed E-state index contributed by atoms with van der Waals surface area (Å²) in [5.74, 6) is 0. The third-order valence-electron chi connectivity index (χ3n) is 4.36. The molecule has 1 heterocycles. The first-order valence-corrected chi connectivity index (χ1v) is 7.81. The number of benzene rings is 1. The Morgan fingerprint density at radius 1 is 1.38 bits per heavy atom. The summed E-state index contributed by atoms with van der Waals surface area (Å²) >= 11 is 5.20. The number of para-hydroxylation sites is 1. The maximum absolute atomic E-state index is 5.88. The van der Waals surface area contributed by atoms with Crippen LogP contribution in [0.2, 0.25) is 0 Å². The fraction of sp³-hybridized carbons (Fsp3) is 0.412. The topological polar surface area (TPSA) is 50.9 Å². The Balaban J connectivity index is 2.03. The lowest BCUT2D eigenvalue weighted by atomic mass is 9.92. The van der Waals surface area contributed by atoms with E-state index in [9.17, 15) is 0 Å². The van der Waals surface area contributed by atoms with Crippen LogP contribution in [0.1, 0.15) is 38.7 Å². The maximum atomic E-state index is 5.88. The standard InChI is InChI=1S/C17H21N3S/c1-17(2)8-7-11(9-17)20-15-12-5-3-4-6-14(12)19-10-13(15)16(18)21/h3-6,10-11H,7-9H2,1-2H3,(H2,18,21)(H,19,20). The van der Waals surface area contributed by atoms with Crippen molar-refractivity contribution in [3.63, 3.8) is 0 Å². The molecule has 0 saturated heterocycles. The van der Waals surface area contributed by atoms with Crippen LogP contribution in [0.15, 0.2) is 30.5 Å². The van der Waals surface area contributed by atoms with E-state index in [0.29, 0.717) is 16.4 Å². The summed E-state index contributed by atoms with van der Waals surface area (Å²) in [4.78, 5) is 4.86. The first-order chi connectivity index (χ1) is 9.96. The van der Waals surface area contributed by atoms with E-state index in [1.54, 1.807) is 6.20 Å². The molecule has 110 valence electrons. The average Bonchev–Trinajstić information content (AvgIpc) is 2.78. The van der Waals surface area contributed by atoms with Crippen LogP contribution in [0.25, 0.3) is 10.9 Å². The van der Waals surface area contributed by atoms with Crippen molar-refractivity contribution in [2.24, 2.45) is 11.1 Å². The normalized spacial score (nSPS) is 20.6. The molecule has 1 aliphatic carbocycles. The van der Waals surface area contributed by atoms with Crippen LogP contribution in [-0.2, 0) is 0 Å². The van der Waals surface area contributed by atoms with Crippen molar-refractivity contribution in [1.82, 2.24) is 4.98 Å². The van der Waals surface area contributed by atoms with E-state index in [4.69, 9.17) is 18.0 Å². The number of hydrogen-bond donors (Lipinski definition) is 2. The zero-order valence-corrected chi connectivity index (χ0v) is 13.3. The average molecular weight is 299 g/mol. The zero-order chi connectivity index (χ0) is 15.0. The van der Waals surface area contributed by atoms with Gasteiger partial charge in [-0.25, -0.2) is 0 Å². The van der Waals surface area contributed by atoms with E-state index >= 15 is 0 Å². The second-order valence-electron chi connectivity index (χ2n) is 6.68. The van der Waals surface area contributed by atoms with Crippen molar-refractivity contribution >= 4 is 33.8 Å². The van der Waals surface area contributed by atoms with Gasteiger partial charge in [0.1, 0.15) is 4.99 Å². The molecule has 1 saturated carbocycles. The molecule has 1 aromatic carbocycles. The highest BCUT2D eigenvalue weighted by Crippen LogP contribution is 2.39. The minimum Gasteiger partial charge on any atom is -0.389 e. The van der Waals surface area contributed by atoms with E-state index < -0.39 is 0 Å². The molecule has 2 aromatic rings. The number of anilines is 1. The number of fused-ring (bicyclic) bond motifs is 1. The Labute approximate surface area is 130 Å². The zero-order valence-electron chi connectivity index (χ0n) is 12.5. The van der Waals surface area contributed by atoms with E-state index in [-0.39, 0.29) is 0 Å². The number of thiocarbonyl (C=S) groups is 1. The van der Waals surface area contributed by atoms with Crippen molar-refractivity contribution in [1.29, 1.82) is 0 Å². The molecule has 1 atom stereocenters. The van der Waals surface area contributed by atoms with Gasteiger partial charge in [0.15, 0.2) is 0 Å². The molecule has 1 unspecified atom stereocenters. The fourth-order valence-corrected chi connectivity index (χ4v) is 3.40. The molecule has 1 fully saturated rings. The molecular formula is C17H21N3S. The van der Waals surface area contributed by atoms with Crippen LogP contribution >= 0.6 is 12.2 Å². The minimum absolute atomic E-state index is 0.396. The second kappa shape index (κ2) is 5.26. The largest absolute Gasteiger partial charge is 0.389 e.